The molecule has 118 valence electrons. The van der Waals surface area contributed by atoms with Crippen LogP contribution in [0.25, 0.3) is 0 Å². The SMILES string of the molecule is CN(C)C[C@@H]1CN(C(=O)CCCn2cncn2)C[C@@H]1CO. The van der Waals surface area contributed by atoms with Crippen LogP contribution in [0.15, 0.2) is 12.7 Å². The maximum absolute atomic E-state index is 12.3. The molecule has 1 fully saturated rings. The Balaban J connectivity index is 1.77. The van der Waals surface area contributed by atoms with Gasteiger partial charge in [0.25, 0.3) is 0 Å². The lowest BCUT2D eigenvalue weighted by atomic mass is 9.97. The van der Waals surface area contributed by atoms with Crippen molar-refractivity contribution < 1.29 is 9.90 Å². The van der Waals surface area contributed by atoms with Crippen molar-refractivity contribution in [3.05, 3.63) is 12.7 Å². The van der Waals surface area contributed by atoms with Crippen LogP contribution >= 0.6 is 0 Å². The molecule has 1 amide bonds. The molecule has 0 saturated carbocycles. The third kappa shape index (κ3) is 4.50. The number of hydrogen-bond donors (Lipinski definition) is 1. The first-order valence-corrected chi connectivity index (χ1v) is 7.46. The van der Waals surface area contributed by atoms with Gasteiger partial charge in [-0.1, -0.05) is 0 Å². The van der Waals surface area contributed by atoms with Crippen molar-refractivity contribution in [2.24, 2.45) is 11.8 Å². The van der Waals surface area contributed by atoms with Crippen molar-refractivity contribution in [3.63, 3.8) is 0 Å². The number of aryl methyl sites for hydroxylation is 1. The first kappa shape index (κ1) is 15.9. The van der Waals surface area contributed by atoms with E-state index in [1.54, 1.807) is 11.0 Å². The summed E-state index contributed by atoms with van der Waals surface area (Å²) in [6.45, 7) is 3.21. The second-order valence-corrected chi connectivity index (χ2v) is 6.03. The summed E-state index contributed by atoms with van der Waals surface area (Å²) in [5.41, 5.74) is 0. The molecule has 2 atom stereocenters. The van der Waals surface area contributed by atoms with Gasteiger partial charge in [0.1, 0.15) is 12.7 Å². The predicted octanol–water partition coefficient (Wildman–Crippen LogP) is -0.313. The number of carbonyl (C=O) groups is 1. The molecule has 1 N–H and O–H groups in total. The smallest absolute Gasteiger partial charge is 0.222 e. The van der Waals surface area contributed by atoms with Gasteiger partial charge in [-0.15, -0.1) is 0 Å². The van der Waals surface area contributed by atoms with Gasteiger partial charge in [0.05, 0.1) is 0 Å². The predicted molar refractivity (Wildman–Crippen MR) is 78.5 cm³/mol. The fourth-order valence-corrected chi connectivity index (χ4v) is 2.92. The van der Waals surface area contributed by atoms with E-state index in [1.165, 1.54) is 6.33 Å². The average Bonchev–Trinajstić information content (AvgIpc) is 3.07. The number of likely N-dealkylation sites (tertiary alicyclic amines) is 1. The van der Waals surface area contributed by atoms with Crippen molar-refractivity contribution in [2.45, 2.75) is 19.4 Å². The molecule has 0 aliphatic carbocycles. The van der Waals surface area contributed by atoms with Crippen LogP contribution in [-0.4, -0.2) is 75.9 Å². The van der Waals surface area contributed by atoms with E-state index >= 15 is 0 Å². The summed E-state index contributed by atoms with van der Waals surface area (Å²) in [5, 5.41) is 13.5. The number of nitrogens with zero attached hydrogens (tertiary/aromatic N) is 5. The summed E-state index contributed by atoms with van der Waals surface area (Å²) < 4.78 is 1.74. The van der Waals surface area contributed by atoms with Gasteiger partial charge in [-0.3, -0.25) is 9.48 Å². The van der Waals surface area contributed by atoms with Crippen molar-refractivity contribution in [2.75, 3.05) is 40.3 Å². The number of carbonyl (C=O) groups excluding carboxylic acids is 1. The topological polar surface area (TPSA) is 74.5 Å². The quantitative estimate of drug-likeness (QED) is 0.747. The lowest BCUT2D eigenvalue weighted by molar-refractivity contribution is -0.130. The van der Waals surface area contributed by atoms with Crippen LogP contribution < -0.4 is 0 Å². The number of aliphatic hydroxyl groups excluding tert-OH is 1. The molecule has 1 aromatic heterocycles. The Morgan fingerprint density at radius 1 is 1.38 bits per heavy atom. The van der Waals surface area contributed by atoms with E-state index in [0.717, 1.165) is 19.5 Å². The van der Waals surface area contributed by atoms with E-state index in [9.17, 15) is 9.90 Å². The molecule has 0 unspecified atom stereocenters. The average molecular weight is 295 g/mol. The molecule has 0 radical (unpaired) electrons. The van der Waals surface area contributed by atoms with Gasteiger partial charge < -0.3 is 14.9 Å². The molecule has 21 heavy (non-hydrogen) atoms. The molecule has 1 aliphatic rings. The molecular weight excluding hydrogens is 270 g/mol. The van der Waals surface area contributed by atoms with Crippen LogP contribution in [0.3, 0.4) is 0 Å². The number of hydrogen-bond acceptors (Lipinski definition) is 5. The van der Waals surface area contributed by atoms with E-state index in [2.05, 4.69) is 15.0 Å². The molecular formula is C14H25N5O2. The second-order valence-electron chi connectivity index (χ2n) is 6.03. The van der Waals surface area contributed by atoms with E-state index in [0.29, 0.717) is 25.4 Å². The molecule has 1 saturated heterocycles. The first-order chi connectivity index (χ1) is 10.1. The highest BCUT2D eigenvalue weighted by Gasteiger charge is 2.34. The highest BCUT2D eigenvalue weighted by atomic mass is 16.3. The number of amides is 1. The minimum Gasteiger partial charge on any atom is -0.396 e. The van der Waals surface area contributed by atoms with Crippen molar-refractivity contribution in [1.82, 2.24) is 24.6 Å². The minimum absolute atomic E-state index is 0.154. The van der Waals surface area contributed by atoms with Crippen LogP contribution in [0.2, 0.25) is 0 Å². The van der Waals surface area contributed by atoms with Gasteiger partial charge in [-0.2, -0.15) is 5.10 Å². The summed E-state index contributed by atoms with van der Waals surface area (Å²) in [7, 11) is 4.05. The van der Waals surface area contributed by atoms with Gasteiger partial charge in [0.2, 0.25) is 5.91 Å². The molecule has 0 spiro atoms. The van der Waals surface area contributed by atoms with Crippen molar-refractivity contribution in [1.29, 1.82) is 0 Å². The van der Waals surface area contributed by atoms with E-state index in [4.69, 9.17) is 0 Å². The Morgan fingerprint density at radius 3 is 2.76 bits per heavy atom. The molecule has 0 bridgehead atoms. The van der Waals surface area contributed by atoms with E-state index in [1.807, 2.05) is 19.0 Å². The van der Waals surface area contributed by atoms with Gasteiger partial charge >= 0.3 is 0 Å². The second kappa shape index (κ2) is 7.51. The van der Waals surface area contributed by atoms with Crippen LogP contribution in [-0.2, 0) is 11.3 Å². The van der Waals surface area contributed by atoms with Gasteiger partial charge in [0.15, 0.2) is 0 Å². The van der Waals surface area contributed by atoms with Crippen molar-refractivity contribution >= 4 is 5.91 Å². The third-order valence-corrected chi connectivity index (χ3v) is 4.01. The monoisotopic (exact) mass is 295 g/mol. The molecule has 7 heteroatoms. The Morgan fingerprint density at radius 2 is 2.14 bits per heavy atom. The number of rotatable bonds is 7. The molecule has 1 aromatic rings. The Labute approximate surface area is 125 Å². The van der Waals surface area contributed by atoms with Crippen molar-refractivity contribution in [3.8, 4) is 0 Å². The number of aromatic nitrogens is 3. The fourth-order valence-electron chi connectivity index (χ4n) is 2.92. The lowest BCUT2D eigenvalue weighted by Crippen LogP contribution is -2.30. The normalized spacial score (nSPS) is 22.2. The van der Waals surface area contributed by atoms with E-state index < -0.39 is 0 Å². The zero-order chi connectivity index (χ0) is 15.2. The minimum atomic E-state index is 0.154. The molecule has 7 nitrogen and oxygen atoms in total. The van der Waals surface area contributed by atoms with Gasteiger partial charge in [0, 0.05) is 45.1 Å². The van der Waals surface area contributed by atoms with Crippen LogP contribution in [0.1, 0.15) is 12.8 Å². The molecule has 0 aromatic carbocycles. The maximum Gasteiger partial charge on any atom is 0.222 e. The van der Waals surface area contributed by atoms with E-state index in [-0.39, 0.29) is 18.4 Å². The summed E-state index contributed by atoms with van der Waals surface area (Å²) in [4.78, 5) is 20.1. The Kier molecular flexibility index (Phi) is 5.69. The van der Waals surface area contributed by atoms with Crippen LogP contribution in [0.5, 0.6) is 0 Å². The number of aliphatic hydroxyl groups is 1. The summed E-state index contributed by atoms with van der Waals surface area (Å²) in [6, 6.07) is 0. The molecule has 2 rings (SSSR count). The fraction of sp³-hybridized carbons (Fsp3) is 0.786. The van der Waals surface area contributed by atoms with Gasteiger partial charge in [-0.05, 0) is 26.4 Å². The highest BCUT2D eigenvalue weighted by Crippen LogP contribution is 2.24. The van der Waals surface area contributed by atoms with Gasteiger partial charge in [-0.25, -0.2) is 4.98 Å². The van der Waals surface area contributed by atoms with Crippen LogP contribution in [0.4, 0.5) is 0 Å². The summed E-state index contributed by atoms with van der Waals surface area (Å²) >= 11 is 0. The third-order valence-electron chi connectivity index (χ3n) is 4.01. The standard InChI is InChI=1S/C14H25N5O2/c1-17(2)6-12-7-18(8-13(12)9-20)14(21)4-3-5-19-11-15-10-16-19/h10-13,20H,3-9H2,1-2H3/t12-,13-/m1/s1. The molecule has 2 heterocycles. The first-order valence-electron chi connectivity index (χ1n) is 7.46. The zero-order valence-electron chi connectivity index (χ0n) is 12.9. The molecule has 1 aliphatic heterocycles. The Hall–Kier alpha value is -1.47. The largest absolute Gasteiger partial charge is 0.396 e. The lowest BCUT2D eigenvalue weighted by Gasteiger charge is -2.20. The zero-order valence-corrected chi connectivity index (χ0v) is 12.9. The summed E-state index contributed by atoms with van der Waals surface area (Å²) in [5.74, 6) is 0.741. The highest BCUT2D eigenvalue weighted by molar-refractivity contribution is 5.76. The maximum atomic E-state index is 12.3. The summed E-state index contributed by atoms with van der Waals surface area (Å²) in [6.07, 6.45) is 4.45. The Bertz CT molecular complexity index is 435. The van der Waals surface area contributed by atoms with Crippen LogP contribution in [0, 0.1) is 11.8 Å².